The van der Waals surface area contributed by atoms with Crippen LogP contribution < -0.4 is 0 Å². The van der Waals surface area contributed by atoms with E-state index in [0.29, 0.717) is 11.3 Å². The molecule has 0 bridgehead atoms. The van der Waals surface area contributed by atoms with Gasteiger partial charge in [-0.3, -0.25) is 9.59 Å². The molecule has 94 valence electrons. The van der Waals surface area contributed by atoms with E-state index in [4.69, 9.17) is 10.4 Å². The van der Waals surface area contributed by atoms with E-state index in [9.17, 15) is 9.59 Å². The van der Waals surface area contributed by atoms with Crippen LogP contribution in [-0.2, 0) is 4.79 Å². The number of carbonyl (C=O) groups excluding carboxylic acids is 1. The Balaban J connectivity index is 2.81. The first-order chi connectivity index (χ1) is 8.45. The van der Waals surface area contributed by atoms with Crippen LogP contribution in [0.4, 0.5) is 0 Å². The Hall–Kier alpha value is -2.42. The summed E-state index contributed by atoms with van der Waals surface area (Å²) in [6, 6.07) is 4.96. The highest BCUT2D eigenvalue weighted by molar-refractivity contribution is 5.92. The maximum Gasteiger partial charge on any atom is 0.305 e. The minimum absolute atomic E-state index is 0.114. The number of aromatic nitrogens is 1. The van der Waals surface area contributed by atoms with Gasteiger partial charge < -0.3 is 10.0 Å². The van der Waals surface area contributed by atoms with Crippen molar-refractivity contribution >= 4 is 11.9 Å². The van der Waals surface area contributed by atoms with Gasteiger partial charge in [0.2, 0.25) is 0 Å². The highest BCUT2D eigenvalue weighted by Gasteiger charge is 2.15. The molecule has 6 nitrogen and oxygen atoms in total. The molecule has 0 aliphatic rings. The Bertz CT molecular complexity index is 520. The lowest BCUT2D eigenvalue weighted by Crippen LogP contribution is -2.29. The molecule has 0 saturated heterocycles. The minimum atomic E-state index is -0.960. The van der Waals surface area contributed by atoms with Gasteiger partial charge in [0.05, 0.1) is 17.7 Å². The Labute approximate surface area is 104 Å². The highest BCUT2D eigenvalue weighted by atomic mass is 16.4. The van der Waals surface area contributed by atoms with Crippen molar-refractivity contribution in [2.45, 2.75) is 13.3 Å². The van der Waals surface area contributed by atoms with Crippen LogP contribution in [-0.4, -0.2) is 40.5 Å². The van der Waals surface area contributed by atoms with Crippen LogP contribution in [0.15, 0.2) is 12.1 Å². The van der Waals surface area contributed by atoms with Crippen molar-refractivity contribution in [3.8, 4) is 6.07 Å². The number of pyridine rings is 1. The molecule has 0 aliphatic carbocycles. The summed E-state index contributed by atoms with van der Waals surface area (Å²) < 4.78 is 0. The van der Waals surface area contributed by atoms with Crippen molar-refractivity contribution in [2.75, 3.05) is 13.6 Å². The van der Waals surface area contributed by atoms with E-state index in [0.717, 1.165) is 0 Å². The Morgan fingerprint density at radius 1 is 1.50 bits per heavy atom. The maximum atomic E-state index is 11.9. The second-order valence-electron chi connectivity index (χ2n) is 3.81. The summed E-state index contributed by atoms with van der Waals surface area (Å²) in [5.74, 6) is -1.32. The van der Waals surface area contributed by atoms with E-state index in [2.05, 4.69) is 4.98 Å². The minimum Gasteiger partial charge on any atom is -0.481 e. The van der Waals surface area contributed by atoms with E-state index in [1.807, 2.05) is 6.07 Å². The molecule has 0 aliphatic heterocycles. The molecule has 0 radical (unpaired) electrons. The predicted octanol–water partition coefficient (Wildman–Crippen LogP) is 0.808. The number of rotatable bonds is 4. The molecule has 1 aromatic rings. The first-order valence-electron chi connectivity index (χ1n) is 5.30. The van der Waals surface area contributed by atoms with Crippen LogP contribution in [0.2, 0.25) is 0 Å². The van der Waals surface area contributed by atoms with E-state index < -0.39 is 5.97 Å². The number of carboxylic acid groups (broad SMARTS) is 1. The molecule has 1 N–H and O–H groups in total. The number of aryl methyl sites for hydroxylation is 1. The molecule has 1 rings (SSSR count). The Kier molecular flexibility index (Phi) is 4.38. The molecule has 1 amide bonds. The monoisotopic (exact) mass is 247 g/mol. The third-order valence-electron chi connectivity index (χ3n) is 2.43. The molecular weight excluding hydrogens is 234 g/mol. The van der Waals surface area contributed by atoms with Gasteiger partial charge in [-0.1, -0.05) is 0 Å². The molecule has 0 fully saturated rings. The lowest BCUT2D eigenvalue weighted by atomic mass is 10.2. The molecule has 18 heavy (non-hydrogen) atoms. The topological polar surface area (TPSA) is 94.3 Å². The zero-order valence-electron chi connectivity index (χ0n) is 10.2. The number of hydrogen-bond acceptors (Lipinski definition) is 4. The fraction of sp³-hybridized carbons (Fsp3) is 0.333. The lowest BCUT2D eigenvalue weighted by molar-refractivity contribution is -0.137. The van der Waals surface area contributed by atoms with E-state index in [1.165, 1.54) is 24.1 Å². The summed E-state index contributed by atoms with van der Waals surface area (Å²) in [6.07, 6.45) is -0.114. The van der Waals surface area contributed by atoms with Crippen molar-refractivity contribution < 1.29 is 14.7 Å². The number of aliphatic carboxylic acids is 1. The molecule has 1 heterocycles. The largest absolute Gasteiger partial charge is 0.481 e. The van der Waals surface area contributed by atoms with E-state index in [1.54, 1.807) is 6.92 Å². The molecule has 6 heteroatoms. The van der Waals surface area contributed by atoms with Gasteiger partial charge in [-0.05, 0) is 19.1 Å². The van der Waals surface area contributed by atoms with Crippen LogP contribution in [0, 0.1) is 18.3 Å². The van der Waals surface area contributed by atoms with Gasteiger partial charge in [0, 0.05) is 13.6 Å². The van der Waals surface area contributed by atoms with Crippen LogP contribution in [0.1, 0.15) is 28.2 Å². The van der Waals surface area contributed by atoms with Crippen molar-refractivity contribution in [1.82, 2.24) is 9.88 Å². The smallest absolute Gasteiger partial charge is 0.305 e. The van der Waals surface area contributed by atoms with E-state index in [-0.39, 0.29) is 24.6 Å². The number of hydrogen-bond donors (Lipinski definition) is 1. The van der Waals surface area contributed by atoms with Gasteiger partial charge in [-0.2, -0.15) is 5.26 Å². The van der Waals surface area contributed by atoms with Gasteiger partial charge in [0.25, 0.3) is 5.91 Å². The van der Waals surface area contributed by atoms with E-state index >= 15 is 0 Å². The summed E-state index contributed by atoms with van der Waals surface area (Å²) in [6.45, 7) is 1.77. The Morgan fingerprint density at radius 2 is 2.17 bits per heavy atom. The van der Waals surface area contributed by atoms with Crippen molar-refractivity contribution in [3.05, 3.63) is 29.1 Å². The Morgan fingerprint density at radius 3 is 2.67 bits per heavy atom. The highest BCUT2D eigenvalue weighted by Crippen LogP contribution is 2.07. The van der Waals surface area contributed by atoms with Crippen LogP contribution in [0.5, 0.6) is 0 Å². The zero-order valence-corrected chi connectivity index (χ0v) is 10.2. The average Bonchev–Trinajstić information content (AvgIpc) is 2.34. The predicted molar refractivity (Wildman–Crippen MR) is 62.9 cm³/mol. The maximum absolute atomic E-state index is 11.9. The first-order valence-corrected chi connectivity index (χ1v) is 5.30. The summed E-state index contributed by atoms with van der Waals surface area (Å²) in [5, 5.41) is 17.3. The molecule has 1 aromatic heterocycles. The number of nitriles is 1. The lowest BCUT2D eigenvalue weighted by Gasteiger charge is -2.15. The second kappa shape index (κ2) is 5.77. The molecule has 0 atom stereocenters. The summed E-state index contributed by atoms with van der Waals surface area (Å²) in [5.41, 5.74) is 1.11. The van der Waals surface area contributed by atoms with Crippen LogP contribution >= 0.6 is 0 Å². The van der Waals surface area contributed by atoms with Gasteiger partial charge in [0.1, 0.15) is 11.8 Å². The van der Waals surface area contributed by atoms with Gasteiger partial charge in [-0.15, -0.1) is 0 Å². The number of carbonyl (C=O) groups is 2. The summed E-state index contributed by atoms with van der Waals surface area (Å²) in [4.78, 5) is 27.6. The van der Waals surface area contributed by atoms with Crippen molar-refractivity contribution in [2.24, 2.45) is 0 Å². The average molecular weight is 247 g/mol. The van der Waals surface area contributed by atoms with Crippen LogP contribution in [0.25, 0.3) is 0 Å². The number of amides is 1. The molecule has 0 spiro atoms. The number of nitrogens with zero attached hydrogens (tertiary/aromatic N) is 3. The third-order valence-corrected chi connectivity index (χ3v) is 2.43. The summed E-state index contributed by atoms with van der Waals surface area (Å²) in [7, 11) is 1.51. The fourth-order valence-corrected chi connectivity index (χ4v) is 1.36. The zero-order chi connectivity index (χ0) is 13.7. The molecule has 0 saturated carbocycles. The fourth-order valence-electron chi connectivity index (χ4n) is 1.36. The second-order valence-corrected chi connectivity index (χ2v) is 3.81. The standard InChI is InChI=1S/C12H13N3O3/c1-8-9(7-13)3-4-10(14-8)12(18)15(2)6-5-11(16)17/h3-4H,5-6H2,1-2H3,(H,16,17). The first kappa shape index (κ1) is 13.6. The molecule has 0 aromatic carbocycles. The number of carboxylic acids is 1. The van der Waals surface area contributed by atoms with Gasteiger partial charge in [0.15, 0.2) is 0 Å². The quantitative estimate of drug-likeness (QED) is 0.849. The van der Waals surface area contributed by atoms with Crippen molar-refractivity contribution in [3.63, 3.8) is 0 Å². The van der Waals surface area contributed by atoms with Gasteiger partial charge >= 0.3 is 5.97 Å². The normalized spacial score (nSPS) is 9.61. The van der Waals surface area contributed by atoms with Crippen molar-refractivity contribution in [1.29, 1.82) is 5.26 Å². The molecule has 0 unspecified atom stereocenters. The van der Waals surface area contributed by atoms with Gasteiger partial charge in [-0.25, -0.2) is 4.98 Å². The summed E-state index contributed by atoms with van der Waals surface area (Å²) >= 11 is 0. The molecular formula is C12H13N3O3. The SMILES string of the molecule is Cc1nc(C(=O)N(C)CCC(=O)O)ccc1C#N. The van der Waals surface area contributed by atoms with Crippen LogP contribution in [0.3, 0.4) is 0 Å². The third kappa shape index (κ3) is 3.28.